The van der Waals surface area contributed by atoms with Gasteiger partial charge in [0.1, 0.15) is 17.1 Å². The monoisotopic (exact) mass is 344 g/mol. The zero-order valence-electron chi connectivity index (χ0n) is 15.0. The Labute approximate surface area is 151 Å². The van der Waals surface area contributed by atoms with E-state index >= 15 is 0 Å². The molecule has 0 radical (unpaired) electrons. The number of aryl methyl sites for hydroxylation is 2. The van der Waals surface area contributed by atoms with Crippen LogP contribution in [0, 0.1) is 19.3 Å². The summed E-state index contributed by atoms with van der Waals surface area (Å²) in [5.74, 6) is 1.58. The molecule has 1 heterocycles. The summed E-state index contributed by atoms with van der Waals surface area (Å²) in [7, 11) is 1.69. The normalized spacial score (nSPS) is 11.2. The first kappa shape index (κ1) is 16.2. The summed E-state index contributed by atoms with van der Waals surface area (Å²) in [5.41, 5.74) is 12.6. The molecule has 1 aliphatic heterocycles. The lowest BCUT2D eigenvalue weighted by molar-refractivity contribution is 0.408. The molecule has 0 bridgehead atoms. The highest BCUT2D eigenvalue weighted by molar-refractivity contribution is 6.02. The van der Waals surface area contributed by atoms with Gasteiger partial charge in [-0.1, -0.05) is 0 Å². The minimum Gasteiger partial charge on any atom is -0.496 e. The molecule has 0 saturated heterocycles. The van der Waals surface area contributed by atoms with Crippen molar-refractivity contribution in [3.63, 3.8) is 0 Å². The third kappa shape index (κ3) is 2.51. The van der Waals surface area contributed by atoms with Gasteiger partial charge in [0.25, 0.3) is 0 Å². The van der Waals surface area contributed by atoms with Crippen molar-refractivity contribution in [3.05, 3.63) is 65.0 Å². The largest absolute Gasteiger partial charge is 0.496 e. The molecule has 4 heteroatoms. The lowest BCUT2D eigenvalue weighted by Gasteiger charge is -2.17. The van der Waals surface area contributed by atoms with Crippen LogP contribution in [0.2, 0.25) is 0 Å². The number of rotatable bonds is 2. The van der Waals surface area contributed by atoms with Gasteiger partial charge >= 0.3 is 0 Å². The second-order valence-corrected chi connectivity index (χ2v) is 6.59. The molecule has 0 unspecified atom stereocenters. The average Bonchev–Trinajstić information content (AvgIpc) is 2.59. The van der Waals surface area contributed by atoms with E-state index in [4.69, 9.17) is 20.3 Å². The van der Waals surface area contributed by atoms with E-state index < -0.39 is 0 Å². The fourth-order valence-corrected chi connectivity index (χ4v) is 3.63. The molecule has 130 valence electrons. The molecule has 4 nitrogen and oxygen atoms in total. The predicted octanol–water partition coefficient (Wildman–Crippen LogP) is 4.89. The fraction of sp³-hybridized carbons (Fsp3) is 0.136. The van der Waals surface area contributed by atoms with Crippen LogP contribution in [0.5, 0.6) is 5.75 Å². The van der Waals surface area contributed by atoms with E-state index in [1.807, 2.05) is 38.1 Å². The second kappa shape index (κ2) is 5.92. The van der Waals surface area contributed by atoms with Crippen LogP contribution in [0.25, 0.3) is 33.4 Å². The minimum absolute atomic E-state index is 0.414. The average molecular weight is 344 g/mol. The molecule has 0 spiro atoms. The van der Waals surface area contributed by atoms with E-state index in [2.05, 4.69) is 12.1 Å². The molecule has 0 fully saturated rings. The summed E-state index contributed by atoms with van der Waals surface area (Å²) in [5, 5.41) is 9.33. The molecule has 2 aromatic carbocycles. The quantitative estimate of drug-likeness (QED) is 0.401. The number of ether oxygens (including phenoxy) is 1. The van der Waals surface area contributed by atoms with Crippen LogP contribution in [-0.4, -0.2) is 7.11 Å². The smallest absolute Gasteiger partial charge is 0.137 e. The number of anilines is 1. The van der Waals surface area contributed by atoms with Gasteiger partial charge in [0.2, 0.25) is 0 Å². The third-order valence-electron chi connectivity index (χ3n) is 4.70. The standard InChI is InChI=1S/C22H20N2O2/c1-12-8-14(9-13(2)22(12)25-3)21-17-6-4-15(23)10-19(17)26-20-11-16(24)5-7-18(20)21/h4-11,23H,24H2,1-3H3. The van der Waals surface area contributed by atoms with Crippen molar-refractivity contribution in [3.8, 4) is 28.2 Å². The van der Waals surface area contributed by atoms with Gasteiger partial charge in [-0.3, -0.25) is 0 Å². The van der Waals surface area contributed by atoms with E-state index in [1.54, 1.807) is 19.2 Å². The van der Waals surface area contributed by atoms with Crippen molar-refractivity contribution in [1.82, 2.24) is 0 Å². The minimum atomic E-state index is 0.414. The topological polar surface area (TPSA) is 72.2 Å². The Morgan fingerprint density at radius 3 is 2.38 bits per heavy atom. The van der Waals surface area contributed by atoms with Crippen LogP contribution in [0.1, 0.15) is 11.1 Å². The lowest BCUT2D eigenvalue weighted by Crippen LogP contribution is -2.01. The fourth-order valence-electron chi connectivity index (χ4n) is 3.63. The van der Waals surface area contributed by atoms with E-state index in [-0.39, 0.29) is 0 Å². The number of nitrogen functional groups attached to an aromatic ring is 1. The van der Waals surface area contributed by atoms with Crippen LogP contribution in [0.15, 0.2) is 52.9 Å². The maximum atomic E-state index is 7.92. The third-order valence-corrected chi connectivity index (χ3v) is 4.70. The molecule has 0 amide bonds. The first-order chi connectivity index (χ1) is 12.5. The van der Waals surface area contributed by atoms with Gasteiger partial charge in [-0.25, -0.2) is 0 Å². The number of fused-ring (bicyclic) bond motifs is 2. The van der Waals surface area contributed by atoms with Gasteiger partial charge in [0, 0.05) is 34.3 Å². The summed E-state index contributed by atoms with van der Waals surface area (Å²) in [6.45, 7) is 4.10. The van der Waals surface area contributed by atoms with Crippen LogP contribution in [0.3, 0.4) is 0 Å². The number of methoxy groups -OCH3 is 1. The van der Waals surface area contributed by atoms with Gasteiger partial charge in [0.05, 0.1) is 12.5 Å². The molecule has 2 aliphatic rings. The summed E-state index contributed by atoms with van der Waals surface area (Å²) < 4.78 is 11.6. The predicted molar refractivity (Wildman–Crippen MR) is 105 cm³/mol. The summed E-state index contributed by atoms with van der Waals surface area (Å²) in [6, 6.07) is 15.4. The zero-order chi connectivity index (χ0) is 18.4. The molecular weight excluding hydrogens is 324 g/mol. The lowest BCUT2D eigenvalue weighted by atomic mass is 9.91. The highest BCUT2D eigenvalue weighted by Crippen LogP contribution is 2.42. The Morgan fingerprint density at radius 1 is 0.962 bits per heavy atom. The van der Waals surface area contributed by atoms with Crippen LogP contribution >= 0.6 is 0 Å². The van der Waals surface area contributed by atoms with E-state index in [0.29, 0.717) is 22.4 Å². The molecular formula is C22H20N2O2. The maximum absolute atomic E-state index is 7.92. The van der Waals surface area contributed by atoms with Crippen molar-refractivity contribution in [2.75, 3.05) is 12.8 Å². The molecule has 3 N–H and O–H groups in total. The number of benzene rings is 3. The van der Waals surface area contributed by atoms with E-state index in [0.717, 1.165) is 39.0 Å². The van der Waals surface area contributed by atoms with Gasteiger partial charge in [-0.15, -0.1) is 0 Å². The molecule has 2 aromatic rings. The molecule has 1 aliphatic carbocycles. The highest BCUT2D eigenvalue weighted by Gasteiger charge is 2.18. The Morgan fingerprint density at radius 2 is 1.69 bits per heavy atom. The molecule has 26 heavy (non-hydrogen) atoms. The van der Waals surface area contributed by atoms with Gasteiger partial charge in [-0.05, 0) is 66.9 Å². The van der Waals surface area contributed by atoms with Gasteiger partial charge in [-0.2, -0.15) is 0 Å². The van der Waals surface area contributed by atoms with Crippen molar-refractivity contribution >= 4 is 16.7 Å². The highest BCUT2D eigenvalue weighted by atomic mass is 16.5. The SMILES string of the molecule is COc1c(C)cc(-c2c3ccc(=N)cc-3oc3cc(N)ccc23)cc1C. The molecule has 0 atom stereocenters. The van der Waals surface area contributed by atoms with Crippen LogP contribution in [0.4, 0.5) is 5.69 Å². The molecule has 0 aromatic heterocycles. The van der Waals surface area contributed by atoms with Gasteiger partial charge < -0.3 is 20.3 Å². The van der Waals surface area contributed by atoms with Crippen LogP contribution < -0.4 is 15.8 Å². The maximum Gasteiger partial charge on any atom is 0.137 e. The summed E-state index contributed by atoms with van der Waals surface area (Å²) in [6.07, 6.45) is 0. The Hall–Kier alpha value is -3.27. The number of hydrogen-bond donors (Lipinski definition) is 2. The Balaban J connectivity index is 2.15. The van der Waals surface area contributed by atoms with Gasteiger partial charge in [0.15, 0.2) is 0 Å². The van der Waals surface area contributed by atoms with Crippen LogP contribution in [-0.2, 0) is 0 Å². The number of hydrogen-bond acceptors (Lipinski definition) is 4. The first-order valence-corrected chi connectivity index (χ1v) is 8.44. The van der Waals surface area contributed by atoms with E-state index in [1.165, 1.54) is 0 Å². The zero-order valence-corrected chi connectivity index (χ0v) is 15.0. The first-order valence-electron chi connectivity index (χ1n) is 8.44. The molecule has 0 saturated carbocycles. The van der Waals surface area contributed by atoms with Crippen molar-refractivity contribution in [1.29, 1.82) is 5.41 Å². The Kier molecular flexibility index (Phi) is 3.69. The van der Waals surface area contributed by atoms with Crippen molar-refractivity contribution < 1.29 is 9.15 Å². The second-order valence-electron chi connectivity index (χ2n) is 6.59. The number of nitrogens with two attached hydrogens (primary N) is 1. The van der Waals surface area contributed by atoms with Crippen molar-refractivity contribution in [2.45, 2.75) is 13.8 Å². The summed E-state index contributed by atoms with van der Waals surface area (Å²) >= 11 is 0. The van der Waals surface area contributed by atoms with Crippen molar-refractivity contribution in [2.24, 2.45) is 0 Å². The Bertz CT molecular complexity index is 1150. The molecule has 4 rings (SSSR count). The van der Waals surface area contributed by atoms with E-state index in [9.17, 15) is 0 Å². The number of nitrogens with one attached hydrogen (secondary N) is 1. The summed E-state index contributed by atoms with van der Waals surface area (Å²) in [4.78, 5) is 0.